The van der Waals surface area contributed by atoms with Gasteiger partial charge in [-0.25, -0.2) is 0 Å². The molecule has 0 aliphatic heterocycles. The summed E-state index contributed by atoms with van der Waals surface area (Å²) in [6.45, 7) is 34.6. The summed E-state index contributed by atoms with van der Waals surface area (Å²) >= 11 is 0. The Morgan fingerprint density at radius 1 is 0.190 bits per heavy atom. The van der Waals surface area contributed by atoms with Gasteiger partial charge in [0.05, 0.1) is 32.3 Å². The zero-order valence-electron chi connectivity index (χ0n) is 82.9. The molecule has 3 radical (unpaired) electrons. The van der Waals surface area contributed by atoms with E-state index in [-0.39, 0.29) is 60.3 Å². The smallest absolute Gasteiger partial charge is 0.0798 e. The van der Waals surface area contributed by atoms with Gasteiger partial charge in [-0.1, -0.05) is 401 Å². The summed E-state index contributed by atoms with van der Waals surface area (Å²) in [5, 5.41) is 28.4. The Morgan fingerprint density at radius 3 is 0.824 bits per heavy atom. The van der Waals surface area contributed by atoms with E-state index < -0.39 is 32.3 Å². The fourth-order valence-electron chi connectivity index (χ4n) is 18.2. The number of fused-ring (bicyclic) bond motifs is 18. The van der Waals surface area contributed by atoms with Gasteiger partial charge in [0.15, 0.2) is 0 Å². The van der Waals surface area contributed by atoms with E-state index in [4.69, 9.17) is 15.0 Å². The number of hydrogen-bond acceptors (Lipinski definition) is 6. The van der Waals surface area contributed by atoms with E-state index in [1.54, 1.807) is 12.4 Å². The Balaban J connectivity index is 0.000000134. The van der Waals surface area contributed by atoms with Crippen molar-refractivity contribution >= 4 is 150 Å². The predicted octanol–water partition coefficient (Wildman–Crippen LogP) is 32.1. The second kappa shape index (κ2) is 45.4. The summed E-state index contributed by atoms with van der Waals surface area (Å²) in [4.78, 5) is 27.5. The molecular weight excluding hydrogens is 2320 g/mol. The van der Waals surface area contributed by atoms with Crippen LogP contribution in [-0.4, -0.2) is 62.2 Å². The van der Waals surface area contributed by atoms with Gasteiger partial charge in [-0.2, -0.15) is 0 Å². The molecular formula is C129H112Ir3N6Si4-6. The summed E-state index contributed by atoms with van der Waals surface area (Å²) in [7, 11) is -5.34. The number of nitrogens with zero attached hydrogens (tertiary/aromatic N) is 6. The third-order valence-corrected chi connectivity index (χ3v) is 34.1. The first-order chi connectivity index (χ1) is 67.2. The van der Waals surface area contributed by atoms with E-state index in [1.807, 2.05) is 91.1 Å². The molecule has 0 fully saturated rings. The number of benzene rings is 17. The average Bonchev–Trinajstić information content (AvgIpc) is 0.737. The minimum absolute atomic E-state index is 0. The average molecular weight is 2440 g/mol. The van der Waals surface area contributed by atoms with Crippen LogP contribution in [-0.2, 0) is 60.3 Å². The summed E-state index contributed by atoms with van der Waals surface area (Å²) in [5.41, 5.74) is 21.0. The fourth-order valence-corrected chi connectivity index (χ4v) is 23.0. The molecule has 707 valence electrons. The molecule has 23 aromatic rings. The zero-order chi connectivity index (χ0) is 96.5. The predicted molar refractivity (Wildman–Crippen MR) is 606 cm³/mol. The van der Waals surface area contributed by atoms with Gasteiger partial charge in [-0.3, -0.25) is 0 Å². The molecule has 17 aromatic carbocycles. The first-order valence-corrected chi connectivity index (χ1v) is 61.8. The van der Waals surface area contributed by atoms with Crippen LogP contribution in [0.1, 0.15) is 16.7 Å². The van der Waals surface area contributed by atoms with Crippen LogP contribution in [0.4, 0.5) is 0 Å². The quantitative estimate of drug-likeness (QED) is 0.0689. The van der Waals surface area contributed by atoms with E-state index in [2.05, 4.69) is 454 Å². The van der Waals surface area contributed by atoms with Crippen molar-refractivity contribution in [2.45, 2.75) is 99.3 Å². The van der Waals surface area contributed by atoms with Crippen LogP contribution in [0.2, 0.25) is 78.6 Å². The Bertz CT molecular complexity index is 8170. The van der Waals surface area contributed by atoms with Crippen molar-refractivity contribution in [3.05, 3.63) is 460 Å². The van der Waals surface area contributed by atoms with Gasteiger partial charge in [0.1, 0.15) is 0 Å². The first-order valence-electron chi connectivity index (χ1n) is 47.8. The van der Waals surface area contributed by atoms with Gasteiger partial charge in [0.25, 0.3) is 0 Å². The van der Waals surface area contributed by atoms with Gasteiger partial charge in [-0.05, 0) is 151 Å². The molecule has 6 aromatic heterocycles. The summed E-state index contributed by atoms with van der Waals surface area (Å²) in [6.07, 6.45) is 11.8. The molecule has 6 nitrogen and oxygen atoms in total. The SMILES string of the molecule is C[Si](C)(C)c1ccc(-c2[c-]cc3c4ccc(-c5ccc(-c6ccccc6)cc5)cc4c4ccccc4c3c2)nc1.C[Si](C)(C)c1ccc(-c2[c-]cc3c4ccccc4c4ccccc4c3c2)nc1.C[Si](C)(C)c1ccc(-c2[c-]cccc2)nc1.Cc1cc(-c2[c-]cc3c4ccccc4c4ccccc4c3c2)ncc1[Si](C)(C)C.Cc1cc[c-]c(-c2ccccn2)c1.Cc1cc[c-]c(-c2ccccn2)c1.[Ir].[Ir].[Ir]. The monoisotopic (exact) mass is 2440 g/mol. The molecule has 13 heteroatoms. The maximum Gasteiger partial charge on any atom is 0.0798 e. The van der Waals surface area contributed by atoms with Crippen LogP contribution < -0.4 is 20.7 Å². The molecule has 0 N–H and O–H groups in total. The van der Waals surface area contributed by atoms with E-state index in [1.165, 1.54) is 157 Å². The Labute approximate surface area is 881 Å². The number of hydrogen-bond donors (Lipinski definition) is 0. The number of rotatable bonds is 12. The fraction of sp³-hybridized carbons (Fsp3) is 0.116. The topological polar surface area (TPSA) is 77.3 Å². The maximum absolute atomic E-state index is 4.84. The van der Waals surface area contributed by atoms with Crippen LogP contribution in [0.3, 0.4) is 0 Å². The Morgan fingerprint density at radius 2 is 0.486 bits per heavy atom. The second-order valence-corrected chi connectivity index (χ2v) is 60.2. The Kier molecular flexibility index (Phi) is 33.0. The third-order valence-electron chi connectivity index (χ3n) is 25.9. The number of aryl methyl sites for hydroxylation is 3. The van der Waals surface area contributed by atoms with E-state index in [0.717, 1.165) is 67.5 Å². The van der Waals surface area contributed by atoms with Crippen LogP contribution in [0.5, 0.6) is 0 Å². The summed E-state index contributed by atoms with van der Waals surface area (Å²) in [5.74, 6) is 0. The van der Waals surface area contributed by atoms with Gasteiger partial charge in [0, 0.05) is 97.5 Å². The zero-order valence-corrected chi connectivity index (χ0v) is 94.1. The van der Waals surface area contributed by atoms with Gasteiger partial charge >= 0.3 is 0 Å². The number of pyridine rings is 6. The molecule has 142 heavy (non-hydrogen) atoms. The third kappa shape index (κ3) is 23.7. The molecule has 0 spiro atoms. The molecule has 0 aliphatic carbocycles. The van der Waals surface area contributed by atoms with Crippen LogP contribution >= 0.6 is 0 Å². The molecule has 23 rings (SSSR count). The molecule has 0 saturated carbocycles. The minimum Gasteiger partial charge on any atom is -0.305 e. The van der Waals surface area contributed by atoms with Crippen molar-refractivity contribution in [2.24, 2.45) is 0 Å². The van der Waals surface area contributed by atoms with Crippen molar-refractivity contribution in [3.8, 4) is 89.8 Å². The molecule has 0 amide bonds. The maximum atomic E-state index is 4.84. The second-order valence-electron chi connectivity index (χ2n) is 39.9. The van der Waals surface area contributed by atoms with Crippen molar-refractivity contribution < 1.29 is 60.3 Å². The van der Waals surface area contributed by atoms with Crippen molar-refractivity contribution in [3.63, 3.8) is 0 Å². The standard InChI is InChI=1S/C38H30NSi.C27H24NSi.C26H22NSi.C14H16NSi.2C12H10N.3Ir/c1-40(2,3)31-19-22-38(39-25-31)30-18-21-35-34-20-17-29(23-36(34)32-11-7-8-12-33(32)37(35)24-30)28-15-13-27(14-16-28)26-9-5-4-6-10-26;1-18-15-26(28-17-27(18)29(2,3)4)19-13-14-24-22-11-6-5-9-20(22)21-10-7-8-12-23(21)25(24)16-19;1-28(2,3)19-13-15-26(27-17-19)18-12-14-24-22-10-5-4-8-20(22)21-9-6-7-11-23(21)25(24)16-18;1-16(2,3)13-9-10-14(15-11-13)12-7-5-4-6-8-12;2*1-10-5-4-6-11(9-10)12-7-2-3-8-13-12;;;/h4-17,19-25H,1-3H3;5-12,14-17H,1-4H3;4-11,13-17H,1-3H3;4-7,9-11H,1-3H3;2*2-5,7-9H,1H3;;;/q6*-1;;;. The van der Waals surface area contributed by atoms with Crippen molar-refractivity contribution in [1.82, 2.24) is 29.9 Å². The first kappa shape index (κ1) is 103. The molecule has 0 bridgehead atoms. The van der Waals surface area contributed by atoms with Crippen LogP contribution in [0, 0.1) is 57.2 Å². The largest absolute Gasteiger partial charge is 0.305 e. The van der Waals surface area contributed by atoms with Gasteiger partial charge in [0.2, 0.25) is 0 Å². The summed E-state index contributed by atoms with van der Waals surface area (Å²) in [6, 6.07) is 150. The molecule has 0 saturated heterocycles. The molecule has 0 atom stereocenters. The van der Waals surface area contributed by atoms with E-state index in [9.17, 15) is 0 Å². The van der Waals surface area contributed by atoms with Gasteiger partial charge in [-0.15, -0.1) is 178 Å². The summed E-state index contributed by atoms with van der Waals surface area (Å²) < 4.78 is 0. The Hall–Kier alpha value is -13.2. The van der Waals surface area contributed by atoms with Crippen molar-refractivity contribution in [2.75, 3.05) is 0 Å². The number of aromatic nitrogens is 6. The van der Waals surface area contributed by atoms with E-state index >= 15 is 0 Å². The molecule has 6 heterocycles. The molecule has 0 aliphatic rings. The van der Waals surface area contributed by atoms with Crippen molar-refractivity contribution in [1.29, 1.82) is 0 Å². The van der Waals surface area contributed by atoms with Crippen LogP contribution in [0.25, 0.3) is 187 Å². The normalized spacial score (nSPS) is 11.3. The van der Waals surface area contributed by atoms with Gasteiger partial charge < -0.3 is 29.9 Å². The minimum atomic E-state index is -1.39. The molecule has 0 unspecified atom stereocenters. The van der Waals surface area contributed by atoms with Crippen LogP contribution in [0.15, 0.2) is 407 Å². The van der Waals surface area contributed by atoms with E-state index in [0.29, 0.717) is 0 Å².